The van der Waals surface area contributed by atoms with Crippen molar-refractivity contribution in [2.75, 3.05) is 20.3 Å². The van der Waals surface area contributed by atoms with E-state index in [9.17, 15) is 0 Å². The Morgan fingerprint density at radius 1 is 1.56 bits per heavy atom. The molecule has 18 heavy (non-hydrogen) atoms. The molecule has 0 bridgehead atoms. The lowest BCUT2D eigenvalue weighted by atomic mass is 9.72. The van der Waals surface area contributed by atoms with E-state index < -0.39 is 0 Å². The Bertz CT molecular complexity index is 315. The van der Waals surface area contributed by atoms with Gasteiger partial charge in [0, 0.05) is 19.4 Å². The average molecular weight is 271 g/mol. The molecule has 0 aromatic rings. The molecule has 104 valence electrons. The molecular formula is C13H25N3OS. The quantitative estimate of drug-likeness (QED) is 0.468. The zero-order valence-electron chi connectivity index (χ0n) is 11.9. The number of hydrogen-bond acceptors (Lipinski definition) is 3. The second-order valence-electron chi connectivity index (χ2n) is 5.89. The molecule has 2 N–H and O–H groups in total. The monoisotopic (exact) mass is 271 g/mol. The lowest BCUT2D eigenvalue weighted by molar-refractivity contribution is 0.204. The maximum atomic E-state index is 5.14. The Labute approximate surface area is 116 Å². The van der Waals surface area contributed by atoms with Gasteiger partial charge in [-0.05, 0) is 42.8 Å². The number of nitrogens with zero attached hydrogens (tertiary/aromatic N) is 1. The van der Waals surface area contributed by atoms with Gasteiger partial charge in [-0.15, -0.1) is 0 Å². The fourth-order valence-corrected chi connectivity index (χ4v) is 2.78. The van der Waals surface area contributed by atoms with E-state index in [1.54, 1.807) is 7.11 Å². The number of nitrogens with one attached hydrogen (secondary N) is 2. The van der Waals surface area contributed by atoms with Gasteiger partial charge in [-0.25, -0.2) is 0 Å². The molecule has 1 aliphatic rings. The van der Waals surface area contributed by atoms with Gasteiger partial charge in [-0.2, -0.15) is 5.10 Å². The molecule has 5 heteroatoms. The van der Waals surface area contributed by atoms with Crippen molar-refractivity contribution >= 4 is 23.0 Å². The number of thiocarbonyl (C=S) groups is 1. The standard InChI is InChI=1S/C13H25N3OS/c1-10-7-11(9-13(2,3)8-10)15-16-12(18)14-5-6-17-4/h10H,5-9H2,1-4H3,(H2,14,16,18)/t10-/m0/s1. The van der Waals surface area contributed by atoms with Crippen LogP contribution in [0.15, 0.2) is 5.10 Å². The largest absolute Gasteiger partial charge is 0.383 e. The SMILES string of the molecule is COCCNC(=S)NN=C1C[C@H](C)CC(C)(C)C1. The zero-order chi connectivity index (χ0) is 13.6. The first-order valence-corrected chi connectivity index (χ1v) is 6.92. The molecule has 0 aliphatic heterocycles. The molecule has 0 aromatic heterocycles. The Kier molecular flexibility index (Phi) is 6.02. The minimum atomic E-state index is 0.350. The van der Waals surface area contributed by atoms with Crippen LogP contribution < -0.4 is 10.7 Å². The highest BCUT2D eigenvalue weighted by Crippen LogP contribution is 2.36. The van der Waals surface area contributed by atoms with Crippen molar-refractivity contribution in [3.63, 3.8) is 0 Å². The number of hydrogen-bond donors (Lipinski definition) is 2. The van der Waals surface area contributed by atoms with Gasteiger partial charge < -0.3 is 10.1 Å². The fraction of sp³-hybridized carbons (Fsp3) is 0.846. The lowest BCUT2D eigenvalue weighted by Crippen LogP contribution is -2.36. The maximum absolute atomic E-state index is 5.14. The van der Waals surface area contributed by atoms with Crippen LogP contribution in [0.25, 0.3) is 0 Å². The average Bonchev–Trinajstić information content (AvgIpc) is 2.24. The van der Waals surface area contributed by atoms with E-state index in [1.165, 1.54) is 12.1 Å². The van der Waals surface area contributed by atoms with Gasteiger partial charge in [-0.1, -0.05) is 20.8 Å². The summed E-state index contributed by atoms with van der Waals surface area (Å²) in [7, 11) is 1.67. The third-order valence-corrected chi connectivity index (χ3v) is 3.31. The van der Waals surface area contributed by atoms with Crippen LogP contribution in [-0.2, 0) is 4.74 Å². The highest BCUT2D eigenvalue weighted by atomic mass is 32.1. The third kappa shape index (κ3) is 5.78. The van der Waals surface area contributed by atoms with Crippen molar-refractivity contribution in [3.05, 3.63) is 0 Å². The molecule has 1 rings (SSSR count). The van der Waals surface area contributed by atoms with Crippen molar-refractivity contribution in [2.45, 2.75) is 40.0 Å². The van der Waals surface area contributed by atoms with Crippen molar-refractivity contribution < 1.29 is 4.74 Å². The van der Waals surface area contributed by atoms with Gasteiger partial charge >= 0.3 is 0 Å². The summed E-state index contributed by atoms with van der Waals surface area (Å²) in [6.07, 6.45) is 3.38. The Balaban J connectivity index is 2.39. The molecule has 1 saturated carbocycles. The molecule has 0 spiro atoms. The van der Waals surface area contributed by atoms with Gasteiger partial charge in [0.15, 0.2) is 5.11 Å². The van der Waals surface area contributed by atoms with E-state index in [0.29, 0.717) is 29.6 Å². The molecule has 0 saturated heterocycles. The summed E-state index contributed by atoms with van der Waals surface area (Å²) in [4.78, 5) is 0. The van der Waals surface area contributed by atoms with Gasteiger partial charge in [0.25, 0.3) is 0 Å². The van der Waals surface area contributed by atoms with Crippen LogP contribution >= 0.6 is 12.2 Å². The van der Waals surface area contributed by atoms with Gasteiger partial charge in [-0.3, -0.25) is 5.43 Å². The zero-order valence-corrected chi connectivity index (χ0v) is 12.7. The van der Waals surface area contributed by atoms with E-state index in [1.807, 2.05) is 0 Å². The summed E-state index contributed by atoms with van der Waals surface area (Å²) in [6.45, 7) is 8.23. The van der Waals surface area contributed by atoms with Crippen molar-refractivity contribution in [1.29, 1.82) is 0 Å². The highest BCUT2D eigenvalue weighted by Gasteiger charge is 2.29. The molecule has 0 unspecified atom stereocenters. The summed E-state index contributed by atoms with van der Waals surface area (Å²) in [5.41, 5.74) is 4.49. The van der Waals surface area contributed by atoms with E-state index in [0.717, 1.165) is 12.8 Å². The molecule has 1 aliphatic carbocycles. The maximum Gasteiger partial charge on any atom is 0.187 e. The predicted octanol–water partition coefficient (Wildman–Crippen LogP) is 2.30. The van der Waals surface area contributed by atoms with Crippen molar-refractivity contribution in [1.82, 2.24) is 10.7 Å². The summed E-state index contributed by atoms with van der Waals surface area (Å²) < 4.78 is 4.94. The normalized spacial score (nSPS) is 24.9. The summed E-state index contributed by atoms with van der Waals surface area (Å²) in [5, 5.41) is 8.04. The molecule has 0 amide bonds. The molecule has 1 atom stereocenters. The van der Waals surface area contributed by atoms with E-state index >= 15 is 0 Å². The van der Waals surface area contributed by atoms with Crippen molar-refractivity contribution in [3.8, 4) is 0 Å². The van der Waals surface area contributed by atoms with Crippen LogP contribution in [0.4, 0.5) is 0 Å². The highest BCUT2D eigenvalue weighted by molar-refractivity contribution is 7.80. The van der Waals surface area contributed by atoms with Gasteiger partial charge in [0.05, 0.1) is 6.61 Å². The van der Waals surface area contributed by atoms with Gasteiger partial charge in [0.1, 0.15) is 0 Å². The fourth-order valence-electron chi connectivity index (χ4n) is 2.64. The van der Waals surface area contributed by atoms with Crippen molar-refractivity contribution in [2.24, 2.45) is 16.4 Å². The Morgan fingerprint density at radius 3 is 2.89 bits per heavy atom. The Hall–Kier alpha value is -0.680. The van der Waals surface area contributed by atoms with E-state index in [2.05, 4.69) is 36.6 Å². The topological polar surface area (TPSA) is 45.6 Å². The Morgan fingerprint density at radius 2 is 2.28 bits per heavy atom. The van der Waals surface area contributed by atoms with Crippen LogP contribution in [0.5, 0.6) is 0 Å². The molecule has 4 nitrogen and oxygen atoms in total. The van der Waals surface area contributed by atoms with Crippen LogP contribution in [0.2, 0.25) is 0 Å². The van der Waals surface area contributed by atoms with Crippen LogP contribution in [-0.4, -0.2) is 31.1 Å². The van der Waals surface area contributed by atoms with E-state index in [4.69, 9.17) is 17.0 Å². The van der Waals surface area contributed by atoms with Crippen LogP contribution in [0, 0.1) is 11.3 Å². The minimum absolute atomic E-state index is 0.350. The predicted molar refractivity (Wildman–Crippen MR) is 79.8 cm³/mol. The minimum Gasteiger partial charge on any atom is -0.383 e. The third-order valence-electron chi connectivity index (χ3n) is 3.08. The lowest BCUT2D eigenvalue weighted by Gasteiger charge is -2.34. The summed E-state index contributed by atoms with van der Waals surface area (Å²) >= 11 is 5.14. The van der Waals surface area contributed by atoms with Crippen LogP contribution in [0.3, 0.4) is 0 Å². The number of hydrazone groups is 1. The first kappa shape index (κ1) is 15.4. The summed E-state index contributed by atoms with van der Waals surface area (Å²) in [5.74, 6) is 0.698. The summed E-state index contributed by atoms with van der Waals surface area (Å²) in [6, 6.07) is 0. The number of methoxy groups -OCH3 is 1. The smallest absolute Gasteiger partial charge is 0.187 e. The number of ether oxygens (including phenoxy) is 1. The molecule has 1 fully saturated rings. The first-order valence-electron chi connectivity index (χ1n) is 6.51. The molecule has 0 radical (unpaired) electrons. The molecule has 0 aromatic carbocycles. The van der Waals surface area contributed by atoms with Gasteiger partial charge in [0.2, 0.25) is 0 Å². The molecular weight excluding hydrogens is 246 g/mol. The van der Waals surface area contributed by atoms with E-state index in [-0.39, 0.29) is 0 Å². The molecule has 0 heterocycles. The first-order chi connectivity index (χ1) is 8.43. The second-order valence-corrected chi connectivity index (χ2v) is 6.30. The number of rotatable bonds is 4. The second kappa shape index (κ2) is 7.04. The van der Waals surface area contributed by atoms with Crippen LogP contribution in [0.1, 0.15) is 40.0 Å².